The minimum atomic E-state index is -3.85. The van der Waals surface area contributed by atoms with Gasteiger partial charge in [-0.1, -0.05) is 0 Å². The first-order valence-electron chi connectivity index (χ1n) is 6.62. The first kappa shape index (κ1) is 14.2. The Kier molecular flexibility index (Phi) is 3.50. The maximum atomic E-state index is 12.6. The summed E-state index contributed by atoms with van der Waals surface area (Å²) in [5, 5.41) is 8.91. The van der Waals surface area contributed by atoms with Gasteiger partial charge in [0.15, 0.2) is 11.5 Å². The van der Waals surface area contributed by atoms with Crippen molar-refractivity contribution < 1.29 is 27.8 Å². The number of carbonyl (C=O) groups is 1. The van der Waals surface area contributed by atoms with Crippen molar-refractivity contribution in [2.45, 2.75) is 23.8 Å². The van der Waals surface area contributed by atoms with Gasteiger partial charge in [-0.05, 0) is 25.0 Å². The normalized spacial score (nSPS) is 17.8. The van der Waals surface area contributed by atoms with Gasteiger partial charge in [0.1, 0.15) is 19.8 Å². The summed E-state index contributed by atoms with van der Waals surface area (Å²) in [6.45, 7) is 0.256. The van der Waals surface area contributed by atoms with Crippen molar-refractivity contribution in [2.24, 2.45) is 0 Å². The predicted octanol–water partition coefficient (Wildman–Crippen LogP) is 0.696. The molecule has 0 unspecified atom stereocenters. The van der Waals surface area contributed by atoms with Crippen LogP contribution in [-0.4, -0.2) is 49.6 Å². The zero-order valence-corrected chi connectivity index (χ0v) is 12.0. The number of benzene rings is 1. The average molecular weight is 313 g/mol. The summed E-state index contributed by atoms with van der Waals surface area (Å²) >= 11 is 0. The highest BCUT2D eigenvalue weighted by molar-refractivity contribution is 7.89. The highest BCUT2D eigenvalue weighted by Gasteiger charge is 2.39. The third-order valence-corrected chi connectivity index (χ3v) is 5.26. The first-order valence-corrected chi connectivity index (χ1v) is 8.06. The second-order valence-electron chi connectivity index (χ2n) is 4.98. The van der Waals surface area contributed by atoms with Crippen LogP contribution in [0, 0.1) is 0 Å². The van der Waals surface area contributed by atoms with E-state index >= 15 is 0 Å². The second-order valence-corrected chi connectivity index (χ2v) is 6.87. The third-order valence-electron chi connectivity index (χ3n) is 3.37. The van der Waals surface area contributed by atoms with E-state index in [9.17, 15) is 13.2 Å². The second kappa shape index (κ2) is 5.19. The fourth-order valence-electron chi connectivity index (χ4n) is 2.23. The quantitative estimate of drug-likeness (QED) is 0.860. The van der Waals surface area contributed by atoms with Gasteiger partial charge in [0.25, 0.3) is 0 Å². The van der Waals surface area contributed by atoms with E-state index in [1.165, 1.54) is 18.2 Å². The van der Waals surface area contributed by atoms with Crippen molar-refractivity contribution in [3.05, 3.63) is 18.2 Å². The van der Waals surface area contributed by atoms with Crippen LogP contribution in [0.2, 0.25) is 0 Å². The molecule has 1 heterocycles. The van der Waals surface area contributed by atoms with Crippen molar-refractivity contribution in [3.8, 4) is 11.5 Å². The number of hydrogen-bond donors (Lipinski definition) is 1. The molecule has 1 saturated carbocycles. The van der Waals surface area contributed by atoms with E-state index in [2.05, 4.69) is 0 Å². The summed E-state index contributed by atoms with van der Waals surface area (Å²) in [5.74, 6) is -0.298. The maximum absolute atomic E-state index is 12.6. The van der Waals surface area contributed by atoms with Crippen LogP contribution >= 0.6 is 0 Å². The molecule has 21 heavy (non-hydrogen) atoms. The molecule has 1 aromatic rings. The van der Waals surface area contributed by atoms with Gasteiger partial charge >= 0.3 is 5.97 Å². The number of carboxylic acid groups (broad SMARTS) is 1. The minimum absolute atomic E-state index is 0.0277. The van der Waals surface area contributed by atoms with Crippen LogP contribution in [0.1, 0.15) is 12.8 Å². The lowest BCUT2D eigenvalue weighted by atomic mass is 10.3. The molecule has 1 N–H and O–H groups in total. The van der Waals surface area contributed by atoms with Crippen LogP contribution in [0.5, 0.6) is 11.5 Å². The Hall–Kier alpha value is -1.80. The highest BCUT2D eigenvalue weighted by atomic mass is 32.2. The van der Waals surface area contributed by atoms with E-state index in [1.54, 1.807) is 0 Å². The molecule has 1 aromatic carbocycles. The first-order chi connectivity index (χ1) is 9.98. The molecule has 1 fully saturated rings. The summed E-state index contributed by atoms with van der Waals surface area (Å²) in [7, 11) is -3.85. The monoisotopic (exact) mass is 313 g/mol. The van der Waals surface area contributed by atoms with E-state index in [4.69, 9.17) is 14.6 Å². The van der Waals surface area contributed by atoms with Crippen molar-refractivity contribution >= 4 is 16.0 Å². The Labute approximate surface area is 122 Å². The van der Waals surface area contributed by atoms with Gasteiger partial charge in [0.05, 0.1) is 4.90 Å². The summed E-state index contributed by atoms with van der Waals surface area (Å²) < 4.78 is 37.0. The molecule has 3 rings (SSSR count). The molecule has 1 aliphatic heterocycles. The number of carboxylic acids is 1. The molecule has 2 aliphatic rings. The van der Waals surface area contributed by atoms with E-state index in [0.717, 1.165) is 4.31 Å². The van der Waals surface area contributed by atoms with Crippen molar-refractivity contribution in [1.82, 2.24) is 4.31 Å². The number of rotatable bonds is 5. The zero-order chi connectivity index (χ0) is 15.0. The van der Waals surface area contributed by atoms with Crippen molar-refractivity contribution in [3.63, 3.8) is 0 Å². The number of sulfonamides is 1. The average Bonchev–Trinajstić information content (AvgIpc) is 3.28. The molecule has 0 amide bonds. The van der Waals surface area contributed by atoms with Gasteiger partial charge in [0.2, 0.25) is 10.0 Å². The summed E-state index contributed by atoms with van der Waals surface area (Å²) in [6, 6.07) is 4.12. The Bertz CT molecular complexity index is 667. The van der Waals surface area contributed by atoms with Crippen molar-refractivity contribution in [2.75, 3.05) is 19.8 Å². The van der Waals surface area contributed by atoms with E-state index in [1.807, 2.05) is 0 Å². The molecule has 0 radical (unpaired) electrons. The SMILES string of the molecule is O=C(O)CN(C1CC1)S(=O)(=O)c1ccc2c(c1)OCCO2. The van der Waals surface area contributed by atoms with Gasteiger partial charge in [-0.15, -0.1) is 0 Å². The minimum Gasteiger partial charge on any atom is -0.486 e. The Balaban J connectivity index is 1.94. The van der Waals surface area contributed by atoms with Crippen LogP contribution in [0.25, 0.3) is 0 Å². The van der Waals surface area contributed by atoms with Gasteiger partial charge < -0.3 is 14.6 Å². The molecule has 0 saturated heterocycles. The van der Waals surface area contributed by atoms with Crippen LogP contribution in [0.15, 0.2) is 23.1 Å². The topological polar surface area (TPSA) is 93.1 Å². The Morgan fingerprint density at radius 1 is 1.24 bits per heavy atom. The molecular formula is C13H15NO6S. The Morgan fingerprint density at radius 2 is 1.90 bits per heavy atom. The maximum Gasteiger partial charge on any atom is 0.318 e. The third kappa shape index (κ3) is 2.81. The van der Waals surface area contributed by atoms with Crippen molar-refractivity contribution in [1.29, 1.82) is 0 Å². The fraction of sp³-hybridized carbons (Fsp3) is 0.462. The van der Waals surface area contributed by atoms with E-state index < -0.39 is 22.5 Å². The summed E-state index contributed by atoms with van der Waals surface area (Å²) in [6.07, 6.45) is 1.38. The van der Waals surface area contributed by atoms with Gasteiger partial charge in [-0.2, -0.15) is 4.31 Å². The molecule has 114 valence electrons. The lowest BCUT2D eigenvalue weighted by molar-refractivity contribution is -0.137. The van der Waals surface area contributed by atoms with Gasteiger partial charge in [-0.3, -0.25) is 4.79 Å². The lowest BCUT2D eigenvalue weighted by Crippen LogP contribution is -2.37. The lowest BCUT2D eigenvalue weighted by Gasteiger charge is -2.22. The van der Waals surface area contributed by atoms with Gasteiger partial charge in [-0.25, -0.2) is 8.42 Å². The number of aliphatic carboxylic acids is 1. The molecule has 8 heteroatoms. The van der Waals surface area contributed by atoms with E-state index in [-0.39, 0.29) is 10.9 Å². The standard InChI is InChI=1S/C13H15NO6S/c15-13(16)8-14(9-1-2-9)21(17,18)10-3-4-11-12(7-10)20-6-5-19-11/h3-4,7,9H,1-2,5-6,8H2,(H,15,16). The molecule has 0 bridgehead atoms. The van der Waals surface area contributed by atoms with Crippen LogP contribution in [0.4, 0.5) is 0 Å². The molecule has 1 aliphatic carbocycles. The van der Waals surface area contributed by atoms with Gasteiger partial charge in [0, 0.05) is 12.1 Å². The molecule has 0 spiro atoms. The van der Waals surface area contributed by atoms with Crippen LogP contribution in [-0.2, 0) is 14.8 Å². The number of ether oxygens (including phenoxy) is 2. The fourth-order valence-corrected chi connectivity index (χ4v) is 3.88. The molecule has 0 atom stereocenters. The largest absolute Gasteiger partial charge is 0.486 e. The molecule has 0 aromatic heterocycles. The Morgan fingerprint density at radius 3 is 2.52 bits per heavy atom. The molecule has 7 nitrogen and oxygen atoms in total. The number of nitrogens with zero attached hydrogens (tertiary/aromatic N) is 1. The molecular weight excluding hydrogens is 298 g/mol. The smallest absolute Gasteiger partial charge is 0.318 e. The zero-order valence-electron chi connectivity index (χ0n) is 11.2. The highest BCUT2D eigenvalue weighted by Crippen LogP contribution is 2.36. The summed E-state index contributed by atoms with van der Waals surface area (Å²) in [4.78, 5) is 10.9. The number of fused-ring (bicyclic) bond motifs is 1. The predicted molar refractivity (Wildman–Crippen MR) is 72.0 cm³/mol. The van der Waals surface area contributed by atoms with Crippen LogP contribution in [0.3, 0.4) is 0 Å². The summed E-state index contributed by atoms with van der Waals surface area (Å²) in [5.41, 5.74) is 0. The number of hydrogen-bond acceptors (Lipinski definition) is 5. The van der Waals surface area contributed by atoms with Crippen LogP contribution < -0.4 is 9.47 Å². The van der Waals surface area contributed by atoms with E-state index in [0.29, 0.717) is 37.6 Å².